The van der Waals surface area contributed by atoms with Gasteiger partial charge in [-0.1, -0.05) is 6.07 Å². The Bertz CT molecular complexity index is 299. The Morgan fingerprint density at radius 1 is 1.56 bits per heavy atom. The van der Waals surface area contributed by atoms with E-state index in [0.717, 1.165) is 13.0 Å². The minimum atomic E-state index is 0.431. The van der Waals surface area contributed by atoms with Crippen molar-refractivity contribution in [3.63, 3.8) is 0 Å². The molecule has 3 heteroatoms. The Labute approximate surface area is 102 Å². The van der Waals surface area contributed by atoms with Gasteiger partial charge in [0.2, 0.25) is 0 Å². The molecule has 0 saturated carbocycles. The molecule has 1 N–H and O–H groups in total. The second-order valence-corrected chi connectivity index (χ2v) is 5.77. The molecule has 1 aromatic heterocycles. The number of nitrogens with one attached hydrogen (secondary N) is 1. The summed E-state index contributed by atoms with van der Waals surface area (Å²) in [7, 11) is 0. The van der Waals surface area contributed by atoms with Crippen molar-refractivity contribution in [3.8, 4) is 0 Å². The quantitative estimate of drug-likeness (QED) is 0.853. The molecule has 2 rings (SSSR count). The van der Waals surface area contributed by atoms with E-state index in [1.165, 1.54) is 17.7 Å². The fraction of sp³-hybridized carbons (Fsp3) is 0.692. The zero-order valence-electron chi connectivity index (χ0n) is 10.1. The molecule has 0 amide bonds. The summed E-state index contributed by atoms with van der Waals surface area (Å²) in [5, 5.41) is 5.71. The van der Waals surface area contributed by atoms with Crippen LogP contribution in [0, 0.1) is 0 Å². The van der Waals surface area contributed by atoms with E-state index in [9.17, 15) is 0 Å². The molecule has 0 radical (unpaired) electrons. The molecule has 0 bridgehead atoms. The first-order chi connectivity index (χ1) is 7.74. The molecule has 0 aliphatic carbocycles. The van der Waals surface area contributed by atoms with Crippen LogP contribution in [0.4, 0.5) is 0 Å². The Morgan fingerprint density at radius 2 is 2.44 bits per heavy atom. The second-order valence-electron chi connectivity index (χ2n) is 4.74. The van der Waals surface area contributed by atoms with E-state index in [-0.39, 0.29) is 0 Å². The van der Waals surface area contributed by atoms with Crippen LogP contribution in [0.1, 0.15) is 31.6 Å². The standard InChI is InChI=1S/C13H21NOS/c1-10(8-13-4-3-7-16-13)14-9-12-6-5-11(2)15-12/h3-4,7,10-12,14H,5-6,8-9H2,1-2H3. The lowest BCUT2D eigenvalue weighted by atomic mass is 10.1. The summed E-state index contributed by atoms with van der Waals surface area (Å²) in [4.78, 5) is 1.46. The number of ether oxygens (including phenoxy) is 1. The molecule has 1 fully saturated rings. The predicted octanol–water partition coefficient (Wildman–Crippen LogP) is 2.84. The molecule has 3 unspecified atom stereocenters. The van der Waals surface area contributed by atoms with E-state index in [1.54, 1.807) is 0 Å². The Balaban J connectivity index is 1.66. The van der Waals surface area contributed by atoms with E-state index in [4.69, 9.17) is 4.74 Å². The fourth-order valence-electron chi connectivity index (χ4n) is 2.17. The number of hydrogen-bond donors (Lipinski definition) is 1. The van der Waals surface area contributed by atoms with Crippen LogP contribution in [0.15, 0.2) is 17.5 Å². The molecule has 2 heterocycles. The van der Waals surface area contributed by atoms with E-state index < -0.39 is 0 Å². The van der Waals surface area contributed by atoms with Gasteiger partial charge in [-0.25, -0.2) is 0 Å². The molecule has 0 spiro atoms. The molecule has 1 aliphatic rings. The van der Waals surface area contributed by atoms with Crippen LogP contribution in [0.25, 0.3) is 0 Å². The van der Waals surface area contributed by atoms with Crippen LogP contribution < -0.4 is 5.32 Å². The van der Waals surface area contributed by atoms with E-state index in [2.05, 4.69) is 36.7 Å². The molecule has 2 nitrogen and oxygen atoms in total. The van der Waals surface area contributed by atoms with Crippen molar-refractivity contribution in [2.75, 3.05) is 6.54 Å². The van der Waals surface area contributed by atoms with Gasteiger partial charge in [0.05, 0.1) is 12.2 Å². The van der Waals surface area contributed by atoms with E-state index >= 15 is 0 Å². The summed E-state index contributed by atoms with van der Waals surface area (Å²) in [5.74, 6) is 0. The van der Waals surface area contributed by atoms with E-state index in [0.29, 0.717) is 18.2 Å². The van der Waals surface area contributed by atoms with Crippen LogP contribution in [-0.2, 0) is 11.2 Å². The molecule has 1 aliphatic heterocycles. The summed E-state index contributed by atoms with van der Waals surface area (Å²) in [5.41, 5.74) is 0. The maximum Gasteiger partial charge on any atom is 0.0704 e. The molecule has 0 aromatic carbocycles. The first kappa shape index (κ1) is 12.1. The molecule has 3 atom stereocenters. The second kappa shape index (κ2) is 5.80. The predicted molar refractivity (Wildman–Crippen MR) is 69.1 cm³/mol. The molecule has 90 valence electrons. The smallest absolute Gasteiger partial charge is 0.0704 e. The number of rotatable bonds is 5. The number of thiophene rings is 1. The van der Waals surface area contributed by atoms with Gasteiger partial charge in [-0.05, 0) is 44.6 Å². The van der Waals surface area contributed by atoms with Gasteiger partial charge < -0.3 is 10.1 Å². The Morgan fingerprint density at radius 3 is 3.06 bits per heavy atom. The van der Waals surface area contributed by atoms with Gasteiger partial charge >= 0.3 is 0 Å². The monoisotopic (exact) mass is 239 g/mol. The van der Waals surface area contributed by atoms with Crippen molar-refractivity contribution >= 4 is 11.3 Å². The van der Waals surface area contributed by atoms with Crippen molar-refractivity contribution in [1.82, 2.24) is 5.32 Å². The van der Waals surface area contributed by atoms with Gasteiger partial charge in [-0.15, -0.1) is 11.3 Å². The van der Waals surface area contributed by atoms with Crippen molar-refractivity contribution in [3.05, 3.63) is 22.4 Å². The Hall–Kier alpha value is -0.380. The lowest BCUT2D eigenvalue weighted by Gasteiger charge is -2.17. The lowest BCUT2D eigenvalue weighted by molar-refractivity contribution is 0.0547. The fourth-order valence-corrected chi connectivity index (χ4v) is 3.01. The SMILES string of the molecule is CC(Cc1cccs1)NCC1CCC(C)O1. The summed E-state index contributed by atoms with van der Waals surface area (Å²) < 4.78 is 5.79. The highest BCUT2D eigenvalue weighted by Gasteiger charge is 2.21. The van der Waals surface area contributed by atoms with Gasteiger partial charge in [-0.2, -0.15) is 0 Å². The first-order valence-electron chi connectivity index (χ1n) is 6.15. The maximum absolute atomic E-state index is 5.79. The average molecular weight is 239 g/mol. The lowest BCUT2D eigenvalue weighted by Crippen LogP contribution is -2.34. The van der Waals surface area contributed by atoms with Crippen molar-refractivity contribution in [2.45, 2.75) is 51.4 Å². The molecule has 1 saturated heterocycles. The van der Waals surface area contributed by atoms with Crippen molar-refractivity contribution in [1.29, 1.82) is 0 Å². The van der Waals surface area contributed by atoms with Crippen molar-refractivity contribution in [2.24, 2.45) is 0 Å². The van der Waals surface area contributed by atoms with Gasteiger partial charge in [0.25, 0.3) is 0 Å². The van der Waals surface area contributed by atoms with Crippen LogP contribution in [0.3, 0.4) is 0 Å². The molecule has 1 aromatic rings. The third-order valence-electron chi connectivity index (χ3n) is 3.10. The summed E-state index contributed by atoms with van der Waals surface area (Å²) in [6, 6.07) is 4.86. The zero-order chi connectivity index (χ0) is 11.4. The van der Waals surface area contributed by atoms with Crippen LogP contribution in [0.5, 0.6) is 0 Å². The molecule has 16 heavy (non-hydrogen) atoms. The normalized spacial score (nSPS) is 27.1. The van der Waals surface area contributed by atoms with Gasteiger partial charge in [-0.3, -0.25) is 0 Å². The first-order valence-corrected chi connectivity index (χ1v) is 7.03. The van der Waals surface area contributed by atoms with E-state index in [1.807, 2.05) is 11.3 Å². The van der Waals surface area contributed by atoms with Crippen LogP contribution in [-0.4, -0.2) is 24.8 Å². The zero-order valence-corrected chi connectivity index (χ0v) is 10.9. The highest BCUT2D eigenvalue weighted by atomic mass is 32.1. The van der Waals surface area contributed by atoms with Gasteiger partial charge in [0.15, 0.2) is 0 Å². The van der Waals surface area contributed by atoms with Crippen molar-refractivity contribution < 1.29 is 4.74 Å². The minimum Gasteiger partial charge on any atom is -0.374 e. The summed E-state index contributed by atoms with van der Waals surface area (Å²) in [6.45, 7) is 5.41. The van der Waals surface area contributed by atoms with Crippen LogP contribution >= 0.6 is 11.3 Å². The Kier molecular flexibility index (Phi) is 4.38. The summed E-state index contributed by atoms with van der Waals surface area (Å²) in [6.07, 6.45) is 4.44. The van der Waals surface area contributed by atoms with Gasteiger partial charge in [0, 0.05) is 17.5 Å². The molecular formula is C13H21NOS. The van der Waals surface area contributed by atoms with Crippen LogP contribution in [0.2, 0.25) is 0 Å². The topological polar surface area (TPSA) is 21.3 Å². The highest BCUT2D eigenvalue weighted by molar-refractivity contribution is 7.09. The third-order valence-corrected chi connectivity index (χ3v) is 4.00. The summed E-state index contributed by atoms with van der Waals surface area (Å²) >= 11 is 1.84. The minimum absolute atomic E-state index is 0.431. The molecular weight excluding hydrogens is 218 g/mol. The third kappa shape index (κ3) is 3.58. The maximum atomic E-state index is 5.79. The average Bonchev–Trinajstić information content (AvgIpc) is 2.87. The van der Waals surface area contributed by atoms with Gasteiger partial charge in [0.1, 0.15) is 0 Å². The number of hydrogen-bond acceptors (Lipinski definition) is 3. The largest absolute Gasteiger partial charge is 0.374 e. The highest BCUT2D eigenvalue weighted by Crippen LogP contribution is 2.18.